The first-order valence-electron chi connectivity index (χ1n) is 10.9. The van der Waals surface area contributed by atoms with E-state index in [0.717, 1.165) is 55.4 Å². The molecule has 3 N–H and O–H groups in total. The van der Waals surface area contributed by atoms with Crippen molar-refractivity contribution in [2.45, 2.75) is 25.5 Å². The Kier molecular flexibility index (Phi) is 5.99. The number of aliphatic hydroxyl groups is 1. The maximum atomic E-state index is 13.9. The van der Waals surface area contributed by atoms with Gasteiger partial charge in [0.15, 0.2) is 17.3 Å². The molecular weight excluding hydrogens is 442 g/mol. The predicted molar refractivity (Wildman–Crippen MR) is 122 cm³/mol. The Balaban J connectivity index is 1.39. The number of aliphatic hydroxyl groups excluding tert-OH is 1. The van der Waals surface area contributed by atoms with E-state index in [-0.39, 0.29) is 17.6 Å². The number of halogens is 2. The van der Waals surface area contributed by atoms with Crippen molar-refractivity contribution < 1.29 is 18.7 Å². The van der Waals surface area contributed by atoms with Crippen molar-refractivity contribution in [1.29, 1.82) is 0 Å². The van der Waals surface area contributed by atoms with Gasteiger partial charge in [0.1, 0.15) is 5.82 Å². The number of benzene rings is 1. The third-order valence-corrected chi connectivity index (χ3v) is 5.91. The molecule has 0 unspecified atom stereocenters. The molecule has 1 amide bonds. The van der Waals surface area contributed by atoms with Crippen molar-refractivity contribution >= 4 is 22.6 Å². The number of amides is 1. The molecule has 5 rings (SSSR count). The number of nitrogens with one attached hydrogen (secondary N) is 2. The molecule has 3 aromatic heterocycles. The molecule has 1 aliphatic rings. The van der Waals surface area contributed by atoms with Gasteiger partial charge in [-0.05, 0) is 42.2 Å². The van der Waals surface area contributed by atoms with Crippen LogP contribution in [0, 0.1) is 11.6 Å². The summed E-state index contributed by atoms with van der Waals surface area (Å²) in [6.45, 7) is 2.42. The number of pyridine rings is 2. The second-order valence-electron chi connectivity index (χ2n) is 8.36. The number of H-pyrrole nitrogens is 1. The summed E-state index contributed by atoms with van der Waals surface area (Å²) >= 11 is 0. The molecule has 0 radical (unpaired) electrons. The highest BCUT2D eigenvalue weighted by Gasteiger charge is 2.19. The Morgan fingerprint density at radius 2 is 1.94 bits per heavy atom. The first kappa shape index (κ1) is 22.1. The van der Waals surface area contributed by atoms with Crippen molar-refractivity contribution in [3.05, 3.63) is 71.8 Å². The molecule has 174 valence electrons. The van der Waals surface area contributed by atoms with Crippen LogP contribution < -0.4 is 5.32 Å². The fraction of sp³-hybridized carbons (Fsp3) is 0.250. The lowest BCUT2D eigenvalue weighted by Crippen LogP contribution is -2.35. The fourth-order valence-electron chi connectivity index (χ4n) is 4.11. The zero-order chi connectivity index (χ0) is 23.7. The quantitative estimate of drug-likeness (QED) is 0.417. The van der Waals surface area contributed by atoms with Gasteiger partial charge >= 0.3 is 0 Å². The molecule has 1 fully saturated rings. The second-order valence-corrected chi connectivity index (χ2v) is 8.36. The Labute approximate surface area is 193 Å². The van der Waals surface area contributed by atoms with Crippen molar-refractivity contribution in [2.75, 3.05) is 18.4 Å². The molecule has 0 spiro atoms. The minimum absolute atomic E-state index is 0.0679. The summed E-state index contributed by atoms with van der Waals surface area (Å²) in [5, 5.41) is 19.5. The van der Waals surface area contributed by atoms with Crippen molar-refractivity contribution in [3.63, 3.8) is 0 Å². The summed E-state index contributed by atoms with van der Waals surface area (Å²) < 4.78 is 27.0. The number of rotatable bonds is 5. The Hall–Kier alpha value is -3.76. The van der Waals surface area contributed by atoms with Crippen LogP contribution in [0.15, 0.2) is 48.9 Å². The summed E-state index contributed by atoms with van der Waals surface area (Å²) in [7, 11) is 0. The van der Waals surface area contributed by atoms with Crippen LogP contribution in [0.5, 0.6) is 0 Å². The van der Waals surface area contributed by atoms with Gasteiger partial charge in [0.25, 0.3) is 5.91 Å². The lowest BCUT2D eigenvalue weighted by atomic mass is 10.0. The maximum Gasteiger partial charge on any atom is 0.278 e. The van der Waals surface area contributed by atoms with Gasteiger partial charge in [0.05, 0.1) is 17.8 Å². The molecule has 4 aromatic rings. The average Bonchev–Trinajstić information content (AvgIpc) is 3.26. The Morgan fingerprint density at radius 3 is 2.74 bits per heavy atom. The largest absolute Gasteiger partial charge is 0.393 e. The normalized spacial score (nSPS) is 15.0. The Bertz CT molecular complexity index is 1350. The first-order valence-corrected chi connectivity index (χ1v) is 10.9. The number of hydrogen-bond donors (Lipinski definition) is 3. The van der Waals surface area contributed by atoms with E-state index in [2.05, 4.69) is 36.4 Å². The summed E-state index contributed by atoms with van der Waals surface area (Å²) in [5.74, 6) is -2.85. The lowest BCUT2D eigenvalue weighted by Gasteiger charge is -2.29. The minimum Gasteiger partial charge on any atom is -0.393 e. The van der Waals surface area contributed by atoms with Crippen LogP contribution in [-0.4, -0.2) is 55.3 Å². The van der Waals surface area contributed by atoms with Gasteiger partial charge in [-0.1, -0.05) is 6.07 Å². The number of likely N-dealkylation sites (tertiary alicyclic amines) is 1. The van der Waals surface area contributed by atoms with Gasteiger partial charge in [-0.2, -0.15) is 5.10 Å². The van der Waals surface area contributed by atoms with E-state index in [0.29, 0.717) is 17.0 Å². The molecule has 1 aromatic carbocycles. The highest BCUT2D eigenvalue weighted by molar-refractivity contribution is 6.11. The minimum atomic E-state index is -0.972. The predicted octanol–water partition coefficient (Wildman–Crippen LogP) is 3.51. The number of nitrogens with zero attached hydrogens (tertiary/aromatic N) is 4. The van der Waals surface area contributed by atoms with Gasteiger partial charge in [0, 0.05) is 49.0 Å². The highest BCUT2D eigenvalue weighted by atomic mass is 19.1. The maximum absolute atomic E-state index is 13.9. The third-order valence-electron chi connectivity index (χ3n) is 5.91. The van der Waals surface area contributed by atoms with Crippen LogP contribution in [0.1, 0.15) is 28.9 Å². The number of carbonyl (C=O) groups is 1. The van der Waals surface area contributed by atoms with Crippen LogP contribution in [0.25, 0.3) is 22.0 Å². The number of aromatic nitrogens is 4. The molecule has 8 nitrogen and oxygen atoms in total. The summed E-state index contributed by atoms with van der Waals surface area (Å²) in [6.07, 6.45) is 5.73. The van der Waals surface area contributed by atoms with Crippen LogP contribution in [0.3, 0.4) is 0 Å². The number of hydrogen-bond acceptors (Lipinski definition) is 6. The van der Waals surface area contributed by atoms with Crippen molar-refractivity contribution in [1.82, 2.24) is 25.1 Å². The zero-order valence-electron chi connectivity index (χ0n) is 18.1. The Morgan fingerprint density at radius 1 is 1.12 bits per heavy atom. The smallest absolute Gasteiger partial charge is 0.278 e. The van der Waals surface area contributed by atoms with Gasteiger partial charge in [-0.25, -0.2) is 13.8 Å². The number of anilines is 1. The number of aromatic amines is 1. The van der Waals surface area contributed by atoms with E-state index in [1.165, 1.54) is 0 Å². The molecule has 10 heteroatoms. The van der Waals surface area contributed by atoms with Gasteiger partial charge in [-0.15, -0.1) is 0 Å². The first-order chi connectivity index (χ1) is 16.5. The van der Waals surface area contributed by atoms with E-state index in [4.69, 9.17) is 0 Å². The van der Waals surface area contributed by atoms with Crippen LogP contribution in [0.4, 0.5) is 14.6 Å². The summed E-state index contributed by atoms with van der Waals surface area (Å²) in [6, 6.07) is 8.23. The highest BCUT2D eigenvalue weighted by Crippen LogP contribution is 2.27. The van der Waals surface area contributed by atoms with Crippen LogP contribution >= 0.6 is 0 Å². The summed E-state index contributed by atoms with van der Waals surface area (Å²) in [5.41, 5.74) is 3.49. The zero-order valence-corrected chi connectivity index (χ0v) is 18.1. The van der Waals surface area contributed by atoms with E-state index in [9.17, 15) is 18.7 Å². The average molecular weight is 464 g/mol. The van der Waals surface area contributed by atoms with Crippen LogP contribution in [-0.2, 0) is 6.54 Å². The van der Waals surface area contributed by atoms with E-state index in [1.807, 2.05) is 24.4 Å². The monoisotopic (exact) mass is 464 g/mol. The molecule has 0 bridgehead atoms. The lowest BCUT2D eigenvalue weighted by molar-refractivity contribution is 0.0792. The topological polar surface area (TPSA) is 107 Å². The van der Waals surface area contributed by atoms with Crippen molar-refractivity contribution in [3.8, 4) is 11.1 Å². The van der Waals surface area contributed by atoms with E-state index >= 15 is 0 Å². The number of fused-ring (bicyclic) bond motifs is 1. The molecule has 0 atom stereocenters. The van der Waals surface area contributed by atoms with Gasteiger partial charge in [0.2, 0.25) is 0 Å². The number of carbonyl (C=O) groups excluding carboxylic acids is 1. The van der Waals surface area contributed by atoms with Gasteiger partial charge < -0.3 is 10.4 Å². The molecular formula is C24H22F2N6O2. The second kappa shape index (κ2) is 9.24. The van der Waals surface area contributed by atoms with E-state index in [1.54, 1.807) is 6.20 Å². The SMILES string of the molecule is O=C(Nc1ncc(F)cc1F)c1n[nH]c2ccc(-c3cncc(CN4CCC(O)CC4)c3)cc12. The third kappa shape index (κ3) is 4.63. The number of piperidine rings is 1. The molecule has 4 heterocycles. The molecule has 1 saturated heterocycles. The van der Waals surface area contributed by atoms with Gasteiger partial charge in [-0.3, -0.25) is 19.8 Å². The standard InChI is InChI=1S/C24H22F2N6O2/c25-17-9-20(26)23(28-12-17)29-24(34)22-19-8-15(1-2-21(19)30-31-22)16-7-14(10-27-11-16)13-32-5-3-18(33)4-6-32/h1-2,7-12,18,33H,3-6,13H2,(H,30,31)(H,28,29,34). The molecule has 1 aliphatic heterocycles. The molecule has 0 aliphatic carbocycles. The van der Waals surface area contributed by atoms with Crippen molar-refractivity contribution in [2.24, 2.45) is 0 Å². The fourth-order valence-corrected chi connectivity index (χ4v) is 4.11. The van der Waals surface area contributed by atoms with E-state index < -0.39 is 17.5 Å². The summed E-state index contributed by atoms with van der Waals surface area (Å²) in [4.78, 5) is 23.0. The van der Waals surface area contributed by atoms with Crippen LogP contribution in [0.2, 0.25) is 0 Å². The molecule has 0 saturated carbocycles. The molecule has 34 heavy (non-hydrogen) atoms.